The summed E-state index contributed by atoms with van der Waals surface area (Å²) in [4.78, 5) is 48.7. The molecule has 10 nitrogen and oxygen atoms in total. The summed E-state index contributed by atoms with van der Waals surface area (Å²) in [7, 11) is 0. The highest BCUT2D eigenvalue weighted by atomic mass is 32.1. The van der Waals surface area contributed by atoms with E-state index in [1.54, 1.807) is 13.8 Å². The Balaban J connectivity index is 1.91. The van der Waals surface area contributed by atoms with Crippen LogP contribution in [0.1, 0.15) is 39.5 Å². The van der Waals surface area contributed by atoms with E-state index in [1.807, 2.05) is 0 Å². The van der Waals surface area contributed by atoms with Gasteiger partial charge in [0.25, 0.3) is 5.78 Å². The van der Waals surface area contributed by atoms with Gasteiger partial charge in [0.2, 0.25) is 0 Å². The van der Waals surface area contributed by atoms with E-state index in [0.717, 1.165) is 16.2 Å². The molecule has 0 spiro atoms. The number of thiazole rings is 1. The van der Waals surface area contributed by atoms with Crippen molar-refractivity contribution < 1.29 is 34.1 Å². The standard InChI is InChI=1S/C26H23N3O7S/c1-4-12-36-25(34)23-14(3)28-26(37-23)29-20(16-6-7-17(30)18(13-16)35-5-2)19(22(32)24(29)33)21(31)15-8-10-27-11-9-15/h4,6-11,13,20,30-31H,1,5,12H2,2-3H3/b21-19+. The number of pyridine rings is 1. The average molecular weight is 522 g/mol. The number of aromatic nitrogens is 2. The Bertz CT molecular complexity index is 1410. The minimum absolute atomic E-state index is 0.00430. The number of hydrogen-bond acceptors (Lipinski definition) is 10. The van der Waals surface area contributed by atoms with Gasteiger partial charge in [-0.05, 0) is 43.7 Å². The van der Waals surface area contributed by atoms with Crippen LogP contribution in [-0.2, 0) is 14.3 Å². The Morgan fingerprint density at radius 2 is 1.97 bits per heavy atom. The summed E-state index contributed by atoms with van der Waals surface area (Å²) in [6.07, 6.45) is 4.31. The molecule has 1 saturated heterocycles. The molecule has 1 unspecified atom stereocenters. The molecule has 1 atom stereocenters. The fourth-order valence-electron chi connectivity index (χ4n) is 3.86. The second kappa shape index (κ2) is 10.6. The van der Waals surface area contributed by atoms with Gasteiger partial charge in [0.15, 0.2) is 16.6 Å². The minimum Gasteiger partial charge on any atom is -0.507 e. The Hall–Kier alpha value is -4.51. The number of phenols is 1. The Kier molecular flexibility index (Phi) is 7.35. The third kappa shape index (κ3) is 4.81. The fraction of sp³-hybridized carbons (Fsp3) is 0.192. The number of amides is 1. The number of rotatable bonds is 8. The zero-order chi connectivity index (χ0) is 26.7. The van der Waals surface area contributed by atoms with Crippen molar-refractivity contribution in [2.75, 3.05) is 18.1 Å². The molecule has 2 N–H and O–H groups in total. The van der Waals surface area contributed by atoms with Crippen LogP contribution >= 0.6 is 11.3 Å². The Labute approximate surface area is 216 Å². The lowest BCUT2D eigenvalue weighted by molar-refractivity contribution is -0.132. The summed E-state index contributed by atoms with van der Waals surface area (Å²) >= 11 is 0.885. The number of benzene rings is 1. The van der Waals surface area contributed by atoms with Crippen LogP contribution in [0, 0.1) is 6.92 Å². The second-order valence-electron chi connectivity index (χ2n) is 7.86. The SMILES string of the molecule is C=CCOC(=O)c1sc(N2C(=O)C(=O)/C(=C(/O)c3ccncc3)C2c2ccc(O)c(OCC)c2)nc1C. The van der Waals surface area contributed by atoms with Crippen molar-refractivity contribution in [3.63, 3.8) is 0 Å². The molecule has 0 bridgehead atoms. The number of aryl methyl sites for hydroxylation is 1. The molecule has 1 aliphatic rings. The van der Waals surface area contributed by atoms with Gasteiger partial charge in [-0.25, -0.2) is 9.78 Å². The van der Waals surface area contributed by atoms with Gasteiger partial charge in [0.1, 0.15) is 17.2 Å². The van der Waals surface area contributed by atoms with Crippen LogP contribution in [-0.4, -0.2) is 51.1 Å². The molecule has 1 aromatic carbocycles. The average Bonchev–Trinajstić information content (AvgIpc) is 3.40. The zero-order valence-electron chi connectivity index (χ0n) is 20.0. The van der Waals surface area contributed by atoms with E-state index in [9.17, 15) is 24.6 Å². The summed E-state index contributed by atoms with van der Waals surface area (Å²) in [6.45, 7) is 7.10. The first-order chi connectivity index (χ1) is 17.8. The molecule has 37 heavy (non-hydrogen) atoms. The fourth-order valence-corrected chi connectivity index (χ4v) is 4.84. The molecular formula is C26H23N3O7S. The molecule has 1 amide bonds. The van der Waals surface area contributed by atoms with E-state index in [2.05, 4.69) is 16.5 Å². The monoisotopic (exact) mass is 521 g/mol. The van der Waals surface area contributed by atoms with Crippen LogP contribution in [0.5, 0.6) is 11.5 Å². The number of ketones is 1. The van der Waals surface area contributed by atoms with E-state index in [4.69, 9.17) is 9.47 Å². The number of ether oxygens (including phenoxy) is 2. The molecule has 1 aliphatic heterocycles. The maximum atomic E-state index is 13.4. The molecule has 4 rings (SSSR count). The Morgan fingerprint density at radius 1 is 1.24 bits per heavy atom. The van der Waals surface area contributed by atoms with Crippen molar-refractivity contribution in [1.29, 1.82) is 0 Å². The lowest BCUT2D eigenvalue weighted by Crippen LogP contribution is -2.29. The number of aliphatic hydroxyl groups excluding tert-OH is 1. The number of esters is 1. The highest BCUT2D eigenvalue weighted by Crippen LogP contribution is 2.45. The molecule has 3 aromatic rings. The van der Waals surface area contributed by atoms with Gasteiger partial charge in [-0.1, -0.05) is 30.1 Å². The maximum Gasteiger partial charge on any atom is 0.350 e. The van der Waals surface area contributed by atoms with Crippen molar-refractivity contribution in [3.8, 4) is 11.5 Å². The first-order valence-corrected chi connectivity index (χ1v) is 12.0. The number of phenolic OH excluding ortho intramolecular Hbond substituents is 1. The number of Topliss-reactive ketones (excluding diaryl/α,β-unsaturated/α-hetero) is 1. The maximum absolute atomic E-state index is 13.4. The number of aromatic hydroxyl groups is 1. The highest BCUT2D eigenvalue weighted by molar-refractivity contribution is 7.17. The first kappa shape index (κ1) is 25.6. The number of hydrogen-bond donors (Lipinski definition) is 2. The van der Waals surface area contributed by atoms with Gasteiger partial charge in [0, 0.05) is 18.0 Å². The van der Waals surface area contributed by atoms with E-state index in [0.29, 0.717) is 11.3 Å². The second-order valence-corrected chi connectivity index (χ2v) is 8.84. The van der Waals surface area contributed by atoms with Crippen molar-refractivity contribution in [3.05, 3.63) is 82.7 Å². The van der Waals surface area contributed by atoms with Crippen LogP contribution in [0.4, 0.5) is 5.13 Å². The predicted molar refractivity (Wildman–Crippen MR) is 136 cm³/mol. The third-order valence-electron chi connectivity index (χ3n) is 5.51. The van der Waals surface area contributed by atoms with Gasteiger partial charge in [-0.2, -0.15) is 0 Å². The van der Waals surface area contributed by atoms with Crippen LogP contribution in [0.25, 0.3) is 5.76 Å². The lowest BCUT2D eigenvalue weighted by Gasteiger charge is -2.23. The Morgan fingerprint density at radius 3 is 2.65 bits per heavy atom. The van der Waals surface area contributed by atoms with Crippen LogP contribution < -0.4 is 9.64 Å². The number of nitrogens with zero attached hydrogens (tertiary/aromatic N) is 3. The summed E-state index contributed by atoms with van der Waals surface area (Å²) in [5, 5.41) is 21.4. The lowest BCUT2D eigenvalue weighted by atomic mass is 9.95. The molecule has 0 aliphatic carbocycles. The van der Waals surface area contributed by atoms with Crippen LogP contribution in [0.2, 0.25) is 0 Å². The molecular weight excluding hydrogens is 498 g/mol. The first-order valence-electron chi connectivity index (χ1n) is 11.2. The summed E-state index contributed by atoms with van der Waals surface area (Å²) in [5.74, 6) is -2.92. The number of carbonyl (C=O) groups excluding carboxylic acids is 3. The van der Waals surface area contributed by atoms with E-state index in [-0.39, 0.29) is 45.9 Å². The van der Waals surface area contributed by atoms with E-state index >= 15 is 0 Å². The van der Waals surface area contributed by atoms with Crippen molar-refractivity contribution in [1.82, 2.24) is 9.97 Å². The van der Waals surface area contributed by atoms with Crippen molar-refractivity contribution in [2.45, 2.75) is 19.9 Å². The predicted octanol–water partition coefficient (Wildman–Crippen LogP) is 3.92. The normalized spacial score (nSPS) is 16.6. The highest BCUT2D eigenvalue weighted by Gasteiger charge is 2.48. The number of aliphatic hydroxyl groups is 1. The van der Waals surface area contributed by atoms with Gasteiger partial charge >= 0.3 is 11.9 Å². The summed E-state index contributed by atoms with van der Waals surface area (Å²) in [6, 6.07) is 6.25. The van der Waals surface area contributed by atoms with Gasteiger partial charge in [-0.15, -0.1) is 0 Å². The number of anilines is 1. The zero-order valence-corrected chi connectivity index (χ0v) is 20.8. The number of carbonyl (C=O) groups is 3. The topological polar surface area (TPSA) is 139 Å². The molecule has 3 heterocycles. The molecule has 0 radical (unpaired) electrons. The smallest absolute Gasteiger partial charge is 0.350 e. The molecule has 11 heteroatoms. The van der Waals surface area contributed by atoms with Gasteiger partial charge in [0.05, 0.1) is 23.9 Å². The minimum atomic E-state index is -1.13. The molecule has 2 aromatic heterocycles. The van der Waals surface area contributed by atoms with Gasteiger partial charge in [-0.3, -0.25) is 19.5 Å². The molecule has 1 fully saturated rings. The largest absolute Gasteiger partial charge is 0.507 e. The van der Waals surface area contributed by atoms with Gasteiger partial charge < -0.3 is 19.7 Å². The van der Waals surface area contributed by atoms with E-state index in [1.165, 1.54) is 48.8 Å². The van der Waals surface area contributed by atoms with Crippen molar-refractivity contribution in [2.24, 2.45) is 0 Å². The molecule has 190 valence electrons. The summed E-state index contributed by atoms with van der Waals surface area (Å²) in [5.41, 5.74) is 0.781. The third-order valence-corrected chi connectivity index (χ3v) is 6.64. The quantitative estimate of drug-likeness (QED) is 0.148. The van der Waals surface area contributed by atoms with Crippen LogP contribution in [0.15, 0.2) is 61.0 Å². The van der Waals surface area contributed by atoms with Crippen LogP contribution in [0.3, 0.4) is 0 Å². The molecule has 0 saturated carbocycles. The van der Waals surface area contributed by atoms with E-state index < -0.39 is 29.5 Å². The summed E-state index contributed by atoms with van der Waals surface area (Å²) < 4.78 is 10.6. The van der Waals surface area contributed by atoms with Crippen molar-refractivity contribution >= 4 is 39.9 Å².